The summed E-state index contributed by atoms with van der Waals surface area (Å²) >= 11 is 0. The topological polar surface area (TPSA) is 51.2 Å². The highest BCUT2D eigenvalue weighted by atomic mass is 16.5. The van der Waals surface area contributed by atoms with Crippen molar-refractivity contribution in [2.24, 2.45) is 0 Å². The second-order valence-electron chi connectivity index (χ2n) is 7.11. The van der Waals surface area contributed by atoms with Crippen LogP contribution in [0, 0.1) is 6.92 Å². The maximum absolute atomic E-state index is 12.4. The van der Waals surface area contributed by atoms with E-state index in [0.29, 0.717) is 24.0 Å². The van der Waals surface area contributed by atoms with Gasteiger partial charge in [-0.2, -0.15) is 0 Å². The summed E-state index contributed by atoms with van der Waals surface area (Å²) in [5, 5.41) is 3.49. The first kappa shape index (κ1) is 16.1. The fraction of sp³-hybridized carbons (Fsp3) is 0.429. The smallest absolute Gasteiger partial charge is 0.339 e. The number of hydrogen-bond donors (Lipinski definition) is 1. The van der Waals surface area contributed by atoms with E-state index in [0.717, 1.165) is 24.3 Å². The number of nitrogens with zero attached hydrogens (tertiary/aromatic N) is 1. The van der Waals surface area contributed by atoms with Gasteiger partial charge in [0.25, 0.3) is 0 Å². The van der Waals surface area contributed by atoms with Gasteiger partial charge in [0.15, 0.2) is 0 Å². The molecule has 25 heavy (non-hydrogen) atoms. The number of carbonyl (C=O) groups excluding carboxylic acids is 1. The van der Waals surface area contributed by atoms with Gasteiger partial charge in [-0.05, 0) is 74.6 Å². The predicted molar refractivity (Wildman–Crippen MR) is 98.6 cm³/mol. The molecule has 0 atom stereocenters. The molecule has 1 saturated carbocycles. The summed E-state index contributed by atoms with van der Waals surface area (Å²) in [6.07, 6.45) is 6.41. The molecule has 0 spiro atoms. The Hall–Kier alpha value is -2.36. The molecule has 4 nitrogen and oxygen atoms in total. The number of hydrogen-bond acceptors (Lipinski definition) is 4. The van der Waals surface area contributed by atoms with Crippen LogP contribution in [0.1, 0.15) is 71.5 Å². The molecule has 4 heteroatoms. The Morgan fingerprint density at radius 2 is 1.92 bits per heavy atom. The fourth-order valence-electron chi connectivity index (χ4n) is 4.40. The molecule has 1 aromatic heterocycles. The Bertz CT molecular complexity index is 808. The zero-order valence-electron chi connectivity index (χ0n) is 14.8. The van der Waals surface area contributed by atoms with Gasteiger partial charge in [0.05, 0.1) is 12.2 Å². The van der Waals surface area contributed by atoms with Crippen LogP contribution in [0.2, 0.25) is 0 Å². The van der Waals surface area contributed by atoms with Crippen molar-refractivity contribution in [3.8, 4) is 0 Å². The molecule has 2 aromatic rings. The van der Waals surface area contributed by atoms with Gasteiger partial charge in [-0.15, -0.1) is 0 Å². The van der Waals surface area contributed by atoms with Crippen LogP contribution in [-0.4, -0.2) is 17.6 Å². The van der Waals surface area contributed by atoms with E-state index < -0.39 is 0 Å². The minimum atomic E-state index is -0.235. The number of fused-ring (bicyclic) bond motifs is 2. The summed E-state index contributed by atoms with van der Waals surface area (Å²) in [7, 11) is 0. The molecule has 1 aromatic carbocycles. The number of pyridine rings is 1. The van der Waals surface area contributed by atoms with E-state index in [1.54, 1.807) is 6.20 Å². The molecule has 1 heterocycles. The lowest BCUT2D eigenvalue weighted by Gasteiger charge is -2.40. The van der Waals surface area contributed by atoms with Crippen LogP contribution in [0.5, 0.6) is 0 Å². The van der Waals surface area contributed by atoms with Crippen molar-refractivity contribution in [2.45, 2.75) is 51.4 Å². The number of nitrogens with one attached hydrogen (secondary N) is 1. The summed E-state index contributed by atoms with van der Waals surface area (Å²) in [6, 6.07) is 8.30. The van der Waals surface area contributed by atoms with Gasteiger partial charge < -0.3 is 10.1 Å². The molecule has 0 amide bonds. The number of rotatable bonds is 4. The highest BCUT2D eigenvalue weighted by Gasteiger charge is 2.38. The number of aromatic nitrogens is 1. The molecule has 0 saturated heterocycles. The summed E-state index contributed by atoms with van der Waals surface area (Å²) in [5.74, 6) is 1.62. The highest BCUT2D eigenvalue weighted by molar-refractivity contribution is 5.92. The Labute approximate surface area is 148 Å². The maximum atomic E-state index is 12.4. The third-order valence-corrected chi connectivity index (χ3v) is 5.48. The number of esters is 1. The molecule has 5 rings (SSSR count). The first-order chi connectivity index (χ1) is 12.2. The van der Waals surface area contributed by atoms with Crippen molar-refractivity contribution in [1.82, 2.24) is 4.98 Å². The molecule has 3 aliphatic rings. The Balaban J connectivity index is 1.79. The third kappa shape index (κ3) is 2.90. The minimum absolute atomic E-state index is 0.235. The van der Waals surface area contributed by atoms with E-state index in [1.807, 2.05) is 13.0 Å². The average molecular weight is 336 g/mol. The van der Waals surface area contributed by atoms with Gasteiger partial charge in [0.1, 0.15) is 5.82 Å². The molecule has 3 aliphatic carbocycles. The van der Waals surface area contributed by atoms with Crippen LogP contribution >= 0.6 is 0 Å². The molecule has 0 radical (unpaired) electrons. The normalized spacial score (nSPS) is 20.9. The Morgan fingerprint density at radius 1 is 1.20 bits per heavy atom. The van der Waals surface area contributed by atoms with Gasteiger partial charge in [0, 0.05) is 17.4 Å². The van der Waals surface area contributed by atoms with E-state index in [-0.39, 0.29) is 5.97 Å². The molecule has 1 N–H and O–H groups in total. The first-order valence-corrected chi connectivity index (χ1v) is 9.21. The van der Waals surface area contributed by atoms with Crippen molar-refractivity contribution in [1.29, 1.82) is 0 Å². The van der Waals surface area contributed by atoms with Gasteiger partial charge in [-0.1, -0.05) is 12.1 Å². The van der Waals surface area contributed by atoms with Crippen LogP contribution < -0.4 is 5.32 Å². The standard InChI is InChI=1S/C21H24N2O2/c1-3-25-21(24)17-12-22-20(23-16-6-4-5-13(2)11-16)19-15-9-7-14(8-10-15)18(17)19/h4-6,11-12,14-15H,3,7-10H2,1-2H3,(H,22,23). The van der Waals surface area contributed by atoms with Crippen molar-refractivity contribution in [2.75, 3.05) is 11.9 Å². The van der Waals surface area contributed by atoms with Crippen LogP contribution in [0.15, 0.2) is 30.5 Å². The van der Waals surface area contributed by atoms with Crippen LogP contribution in [-0.2, 0) is 4.74 Å². The molecule has 130 valence electrons. The molecular formula is C21H24N2O2. The van der Waals surface area contributed by atoms with Gasteiger partial charge in [-0.25, -0.2) is 9.78 Å². The van der Waals surface area contributed by atoms with Crippen LogP contribution in [0.3, 0.4) is 0 Å². The zero-order valence-corrected chi connectivity index (χ0v) is 14.8. The quantitative estimate of drug-likeness (QED) is 0.792. The van der Waals surface area contributed by atoms with Crippen LogP contribution in [0.4, 0.5) is 11.5 Å². The summed E-state index contributed by atoms with van der Waals surface area (Å²) in [6.45, 7) is 4.32. The lowest BCUT2D eigenvalue weighted by atomic mass is 9.66. The van der Waals surface area contributed by atoms with E-state index in [1.165, 1.54) is 29.5 Å². The molecular weight excluding hydrogens is 312 g/mol. The molecule has 0 aliphatic heterocycles. The minimum Gasteiger partial charge on any atom is -0.462 e. The predicted octanol–water partition coefficient (Wildman–Crippen LogP) is 5.07. The highest BCUT2D eigenvalue weighted by Crippen LogP contribution is 2.52. The van der Waals surface area contributed by atoms with E-state index in [2.05, 4.69) is 35.4 Å². The summed E-state index contributed by atoms with van der Waals surface area (Å²) in [5.41, 5.74) is 5.35. The van der Waals surface area contributed by atoms with Crippen molar-refractivity contribution in [3.63, 3.8) is 0 Å². The third-order valence-electron chi connectivity index (χ3n) is 5.48. The van der Waals surface area contributed by atoms with E-state index >= 15 is 0 Å². The number of carbonyl (C=O) groups is 1. The monoisotopic (exact) mass is 336 g/mol. The summed E-state index contributed by atoms with van der Waals surface area (Å²) in [4.78, 5) is 17.1. The number of ether oxygens (including phenoxy) is 1. The second-order valence-corrected chi connectivity index (χ2v) is 7.11. The van der Waals surface area contributed by atoms with Crippen molar-refractivity contribution >= 4 is 17.5 Å². The number of anilines is 2. The van der Waals surface area contributed by atoms with Crippen LogP contribution in [0.25, 0.3) is 0 Å². The van der Waals surface area contributed by atoms with Crippen molar-refractivity contribution in [3.05, 3.63) is 52.7 Å². The average Bonchev–Trinajstić information content (AvgIpc) is 2.63. The van der Waals surface area contributed by atoms with E-state index in [9.17, 15) is 4.79 Å². The van der Waals surface area contributed by atoms with Gasteiger partial charge in [-0.3, -0.25) is 0 Å². The summed E-state index contributed by atoms with van der Waals surface area (Å²) < 4.78 is 5.28. The van der Waals surface area contributed by atoms with Gasteiger partial charge >= 0.3 is 5.97 Å². The largest absolute Gasteiger partial charge is 0.462 e. The van der Waals surface area contributed by atoms with Gasteiger partial charge in [0.2, 0.25) is 0 Å². The maximum Gasteiger partial charge on any atom is 0.339 e. The first-order valence-electron chi connectivity index (χ1n) is 9.21. The SMILES string of the molecule is CCOC(=O)c1cnc(Nc2cccc(C)c2)c2c1C1CCC2CC1. The lowest BCUT2D eigenvalue weighted by Crippen LogP contribution is -2.26. The number of benzene rings is 1. The Kier molecular flexibility index (Phi) is 4.20. The molecule has 0 unspecified atom stereocenters. The van der Waals surface area contributed by atoms with Crippen molar-refractivity contribution < 1.29 is 9.53 Å². The Morgan fingerprint density at radius 3 is 2.60 bits per heavy atom. The fourth-order valence-corrected chi connectivity index (χ4v) is 4.40. The zero-order chi connectivity index (χ0) is 17.4. The second kappa shape index (κ2) is 6.51. The van der Waals surface area contributed by atoms with E-state index in [4.69, 9.17) is 4.74 Å². The lowest BCUT2D eigenvalue weighted by molar-refractivity contribution is 0.0522. The number of aryl methyl sites for hydroxylation is 1. The molecule has 1 fully saturated rings. The molecule has 2 bridgehead atoms.